The Morgan fingerprint density at radius 2 is 1.63 bits per heavy atom. The minimum atomic E-state index is -1.66. The van der Waals surface area contributed by atoms with E-state index in [9.17, 15) is 5.11 Å². The molecule has 156 valence electrons. The highest BCUT2D eigenvalue weighted by molar-refractivity contribution is 7.98. The Hall–Kier alpha value is -2.25. The number of hydrogen-bond acceptors (Lipinski definition) is 6. The van der Waals surface area contributed by atoms with E-state index in [1.807, 2.05) is 18.4 Å². The lowest BCUT2D eigenvalue weighted by Gasteiger charge is -2.28. The fourth-order valence-electron chi connectivity index (χ4n) is 2.91. The van der Waals surface area contributed by atoms with Gasteiger partial charge in [0, 0.05) is 5.02 Å². The second-order valence-electron chi connectivity index (χ2n) is 6.27. The van der Waals surface area contributed by atoms with Crippen molar-refractivity contribution in [3.8, 4) is 11.6 Å². The van der Waals surface area contributed by atoms with Crippen molar-refractivity contribution in [2.75, 3.05) is 20.5 Å². The van der Waals surface area contributed by atoms with Crippen LogP contribution < -0.4 is 9.47 Å². The second kappa shape index (κ2) is 9.71. The van der Waals surface area contributed by atoms with Gasteiger partial charge in [0.15, 0.2) is 5.16 Å². The number of hydrogen-bond donors (Lipinski definition) is 1. The summed E-state index contributed by atoms with van der Waals surface area (Å²) in [5.41, 5.74) is -0.0113. The molecule has 2 aromatic carbocycles. The summed E-state index contributed by atoms with van der Waals surface area (Å²) in [5, 5.41) is 13.1. The van der Waals surface area contributed by atoms with Crippen molar-refractivity contribution in [2.45, 2.75) is 10.8 Å². The topological polar surface area (TPSA) is 64.5 Å². The fraction of sp³-hybridized carbons (Fsp3) is 0.182. The van der Waals surface area contributed by atoms with Crippen molar-refractivity contribution in [3.63, 3.8) is 0 Å². The Morgan fingerprint density at radius 1 is 0.967 bits per heavy atom. The molecule has 5 nitrogen and oxygen atoms in total. The van der Waals surface area contributed by atoms with Crippen molar-refractivity contribution in [3.05, 3.63) is 81.5 Å². The molecule has 1 aromatic heterocycles. The molecule has 0 spiro atoms. The Kier molecular flexibility index (Phi) is 7.26. The molecule has 0 saturated heterocycles. The number of aromatic nitrogens is 2. The maximum absolute atomic E-state index is 11.9. The largest absolute Gasteiger partial charge is 0.497 e. The van der Waals surface area contributed by atoms with Gasteiger partial charge < -0.3 is 14.6 Å². The number of rotatable bonds is 7. The van der Waals surface area contributed by atoms with E-state index in [1.165, 1.54) is 18.9 Å². The summed E-state index contributed by atoms with van der Waals surface area (Å²) in [6.07, 6.45) is 5.24. The number of halogens is 2. The van der Waals surface area contributed by atoms with Crippen molar-refractivity contribution in [1.29, 1.82) is 0 Å². The van der Waals surface area contributed by atoms with Crippen LogP contribution in [0.4, 0.5) is 0 Å². The van der Waals surface area contributed by atoms with E-state index in [4.69, 9.17) is 32.7 Å². The van der Waals surface area contributed by atoms with Crippen LogP contribution in [0.15, 0.2) is 59.8 Å². The average molecular weight is 463 g/mol. The van der Waals surface area contributed by atoms with Crippen LogP contribution in [0.1, 0.15) is 16.7 Å². The first-order valence-electron chi connectivity index (χ1n) is 8.89. The molecule has 3 rings (SSSR count). The van der Waals surface area contributed by atoms with Crippen LogP contribution in [0, 0.1) is 0 Å². The van der Waals surface area contributed by atoms with E-state index in [-0.39, 0.29) is 16.6 Å². The lowest BCUT2D eigenvalue weighted by atomic mass is 9.86. The Morgan fingerprint density at radius 3 is 2.20 bits per heavy atom. The summed E-state index contributed by atoms with van der Waals surface area (Å²) < 4.78 is 10.7. The minimum Gasteiger partial charge on any atom is -0.497 e. The number of aliphatic hydroxyl groups is 1. The summed E-state index contributed by atoms with van der Waals surface area (Å²) in [4.78, 5) is 8.67. The first kappa shape index (κ1) is 22.4. The molecule has 30 heavy (non-hydrogen) atoms. The molecule has 0 radical (unpaired) electrons. The molecule has 0 aliphatic carbocycles. The Balaban J connectivity index is 2.20. The van der Waals surface area contributed by atoms with Gasteiger partial charge in [-0.1, -0.05) is 65.3 Å². The third-order valence-electron chi connectivity index (χ3n) is 4.49. The molecule has 0 amide bonds. The predicted molar refractivity (Wildman–Crippen MR) is 122 cm³/mol. The monoisotopic (exact) mass is 462 g/mol. The summed E-state index contributed by atoms with van der Waals surface area (Å²) in [7, 11) is 3.06. The number of thioether (sulfide) groups is 1. The van der Waals surface area contributed by atoms with E-state index in [0.717, 1.165) is 5.56 Å². The van der Waals surface area contributed by atoms with Crippen LogP contribution in [-0.2, 0) is 5.60 Å². The SMILES string of the molecule is COc1ccc(C(O)(/C=C/c2ccc(Cl)cc2)c2c(Cl)nc(SC)nc2OC)cc1. The van der Waals surface area contributed by atoms with E-state index in [2.05, 4.69) is 9.97 Å². The average Bonchev–Trinajstić information content (AvgIpc) is 2.77. The molecule has 1 atom stereocenters. The molecule has 8 heteroatoms. The van der Waals surface area contributed by atoms with Crippen LogP contribution in [0.25, 0.3) is 6.08 Å². The van der Waals surface area contributed by atoms with Crippen LogP contribution in [0.3, 0.4) is 0 Å². The molecule has 1 heterocycles. The molecular weight excluding hydrogens is 443 g/mol. The Labute approximate surface area is 189 Å². The zero-order valence-corrected chi connectivity index (χ0v) is 18.9. The third-order valence-corrected chi connectivity index (χ3v) is 5.56. The third kappa shape index (κ3) is 4.73. The second-order valence-corrected chi connectivity index (χ2v) is 7.83. The van der Waals surface area contributed by atoms with Gasteiger partial charge in [0.1, 0.15) is 16.5 Å². The quantitative estimate of drug-likeness (QED) is 0.285. The summed E-state index contributed by atoms with van der Waals surface area (Å²) in [6.45, 7) is 0. The maximum Gasteiger partial charge on any atom is 0.225 e. The van der Waals surface area contributed by atoms with Crippen molar-refractivity contribution >= 4 is 41.0 Å². The molecule has 0 aliphatic rings. The standard InChI is InChI=1S/C22H20Cl2N2O3S/c1-28-17-10-6-15(7-11-17)22(27,13-12-14-4-8-16(23)9-5-14)18-19(24)25-21(30-3)26-20(18)29-2/h4-13,27H,1-3H3/b13-12+. The first-order valence-corrected chi connectivity index (χ1v) is 10.9. The Bertz CT molecular complexity index is 1040. The number of benzene rings is 2. The van der Waals surface area contributed by atoms with E-state index < -0.39 is 5.60 Å². The van der Waals surface area contributed by atoms with E-state index >= 15 is 0 Å². The molecule has 0 aliphatic heterocycles. The van der Waals surface area contributed by atoms with Gasteiger partial charge in [-0.15, -0.1) is 0 Å². The number of nitrogens with zero attached hydrogens (tertiary/aromatic N) is 2. The fourth-order valence-corrected chi connectivity index (χ4v) is 3.75. The van der Waals surface area contributed by atoms with Gasteiger partial charge in [0.2, 0.25) is 5.88 Å². The normalized spacial score (nSPS) is 13.3. The molecule has 1 N–H and O–H groups in total. The zero-order valence-electron chi connectivity index (χ0n) is 16.6. The van der Waals surface area contributed by atoms with Crippen LogP contribution >= 0.6 is 35.0 Å². The van der Waals surface area contributed by atoms with E-state index in [1.54, 1.807) is 55.7 Å². The maximum atomic E-state index is 11.9. The number of ether oxygens (including phenoxy) is 2. The predicted octanol–water partition coefficient (Wildman–Crippen LogP) is 5.47. The molecule has 1 unspecified atom stereocenters. The van der Waals surface area contributed by atoms with Gasteiger partial charge in [-0.05, 0) is 47.7 Å². The van der Waals surface area contributed by atoms with E-state index in [0.29, 0.717) is 21.5 Å². The highest BCUT2D eigenvalue weighted by Crippen LogP contribution is 2.41. The van der Waals surface area contributed by atoms with Crippen molar-refractivity contribution in [2.24, 2.45) is 0 Å². The van der Waals surface area contributed by atoms with Crippen LogP contribution in [0.5, 0.6) is 11.6 Å². The van der Waals surface area contributed by atoms with Gasteiger partial charge in [0.05, 0.1) is 19.8 Å². The molecule has 0 saturated carbocycles. The van der Waals surface area contributed by atoms with Gasteiger partial charge in [-0.2, -0.15) is 4.98 Å². The molecule has 3 aromatic rings. The molecular formula is C22H20Cl2N2O3S. The lowest BCUT2D eigenvalue weighted by molar-refractivity contribution is 0.130. The summed E-state index contributed by atoms with van der Waals surface area (Å²) >= 11 is 13.8. The smallest absolute Gasteiger partial charge is 0.225 e. The van der Waals surface area contributed by atoms with Gasteiger partial charge in [-0.3, -0.25) is 0 Å². The highest BCUT2D eigenvalue weighted by Gasteiger charge is 2.36. The summed E-state index contributed by atoms with van der Waals surface area (Å²) in [5.74, 6) is 0.855. The van der Waals surface area contributed by atoms with Crippen molar-refractivity contribution in [1.82, 2.24) is 9.97 Å². The van der Waals surface area contributed by atoms with Gasteiger partial charge in [-0.25, -0.2) is 4.98 Å². The molecule has 0 fully saturated rings. The van der Waals surface area contributed by atoms with Crippen LogP contribution in [-0.4, -0.2) is 35.5 Å². The first-order chi connectivity index (χ1) is 14.4. The number of methoxy groups -OCH3 is 2. The molecule has 0 bridgehead atoms. The van der Waals surface area contributed by atoms with Crippen LogP contribution in [0.2, 0.25) is 10.2 Å². The van der Waals surface area contributed by atoms with Gasteiger partial charge >= 0.3 is 0 Å². The van der Waals surface area contributed by atoms with Gasteiger partial charge in [0.25, 0.3) is 0 Å². The minimum absolute atomic E-state index is 0.102. The lowest BCUT2D eigenvalue weighted by Crippen LogP contribution is -2.27. The zero-order chi connectivity index (χ0) is 21.7. The highest BCUT2D eigenvalue weighted by atomic mass is 35.5. The van der Waals surface area contributed by atoms with Crippen molar-refractivity contribution < 1.29 is 14.6 Å². The summed E-state index contributed by atoms with van der Waals surface area (Å²) in [6, 6.07) is 14.3.